The van der Waals surface area contributed by atoms with Crippen LogP contribution < -0.4 is 0 Å². The number of carboxylic acid groups (broad SMARTS) is 1. The molecule has 1 N–H and O–H groups in total. The van der Waals surface area contributed by atoms with Gasteiger partial charge in [0.2, 0.25) is 0 Å². The first-order valence-electron chi connectivity index (χ1n) is 6.77. The Morgan fingerprint density at radius 1 is 1.33 bits per heavy atom. The average Bonchev–Trinajstić information content (AvgIpc) is 2.95. The minimum Gasteiger partial charge on any atom is -0.478 e. The second kappa shape index (κ2) is 5.01. The molecule has 0 amide bonds. The maximum absolute atomic E-state index is 11.6. The van der Waals surface area contributed by atoms with Crippen molar-refractivity contribution in [3.8, 4) is 11.4 Å². The number of aromatic carboxylic acids is 1. The van der Waals surface area contributed by atoms with E-state index in [-0.39, 0.29) is 5.56 Å². The molecule has 0 spiro atoms. The number of pyridine rings is 1. The van der Waals surface area contributed by atoms with Crippen LogP contribution in [0, 0.1) is 6.92 Å². The Hall–Kier alpha value is -2.69. The van der Waals surface area contributed by atoms with Crippen molar-refractivity contribution in [2.24, 2.45) is 0 Å². The SMILES string of the molecule is CCn1nccc1-c1cc(C(=O)O)c2cccc(C)c2n1. The predicted octanol–water partition coefficient (Wildman–Crippen LogP) is 3.12. The van der Waals surface area contributed by atoms with Crippen LogP contribution in [0.4, 0.5) is 0 Å². The van der Waals surface area contributed by atoms with Gasteiger partial charge in [-0.2, -0.15) is 5.10 Å². The molecule has 0 fully saturated rings. The second-order valence-electron chi connectivity index (χ2n) is 4.86. The quantitative estimate of drug-likeness (QED) is 0.801. The maximum Gasteiger partial charge on any atom is 0.336 e. The van der Waals surface area contributed by atoms with E-state index >= 15 is 0 Å². The van der Waals surface area contributed by atoms with E-state index in [1.807, 2.05) is 32.0 Å². The summed E-state index contributed by atoms with van der Waals surface area (Å²) < 4.78 is 1.80. The molecule has 3 aromatic rings. The Morgan fingerprint density at radius 3 is 2.86 bits per heavy atom. The van der Waals surface area contributed by atoms with Crippen molar-refractivity contribution < 1.29 is 9.90 Å². The van der Waals surface area contributed by atoms with Gasteiger partial charge in [-0.25, -0.2) is 9.78 Å². The van der Waals surface area contributed by atoms with E-state index in [0.717, 1.165) is 16.8 Å². The zero-order chi connectivity index (χ0) is 15.0. The average molecular weight is 281 g/mol. The smallest absolute Gasteiger partial charge is 0.336 e. The fraction of sp³-hybridized carbons (Fsp3) is 0.188. The molecular weight excluding hydrogens is 266 g/mol. The lowest BCUT2D eigenvalue weighted by Crippen LogP contribution is -2.04. The van der Waals surface area contributed by atoms with Gasteiger partial charge in [-0.1, -0.05) is 18.2 Å². The summed E-state index contributed by atoms with van der Waals surface area (Å²) in [5.74, 6) is -0.947. The van der Waals surface area contributed by atoms with Crippen LogP contribution in [0.15, 0.2) is 36.5 Å². The number of rotatable bonds is 3. The molecule has 0 radical (unpaired) electrons. The Bertz CT molecular complexity index is 837. The third-order valence-corrected chi connectivity index (χ3v) is 3.55. The molecule has 5 nitrogen and oxygen atoms in total. The van der Waals surface area contributed by atoms with E-state index in [0.29, 0.717) is 17.6 Å². The van der Waals surface area contributed by atoms with E-state index in [4.69, 9.17) is 0 Å². The molecule has 0 bridgehead atoms. The predicted molar refractivity (Wildman–Crippen MR) is 80.3 cm³/mol. The van der Waals surface area contributed by atoms with Crippen molar-refractivity contribution in [2.45, 2.75) is 20.4 Å². The topological polar surface area (TPSA) is 68.0 Å². The third-order valence-electron chi connectivity index (χ3n) is 3.55. The Labute approximate surface area is 121 Å². The number of para-hydroxylation sites is 1. The van der Waals surface area contributed by atoms with Gasteiger partial charge in [-0.05, 0) is 31.5 Å². The van der Waals surface area contributed by atoms with E-state index in [1.165, 1.54) is 0 Å². The molecule has 0 aliphatic heterocycles. The van der Waals surface area contributed by atoms with Gasteiger partial charge in [-0.15, -0.1) is 0 Å². The van der Waals surface area contributed by atoms with E-state index in [2.05, 4.69) is 10.1 Å². The van der Waals surface area contributed by atoms with Crippen LogP contribution in [0.1, 0.15) is 22.8 Å². The summed E-state index contributed by atoms with van der Waals surface area (Å²) in [6, 6.07) is 9.04. The van der Waals surface area contributed by atoms with Gasteiger partial charge in [-0.3, -0.25) is 4.68 Å². The summed E-state index contributed by atoms with van der Waals surface area (Å²) in [4.78, 5) is 16.2. The number of benzene rings is 1. The van der Waals surface area contributed by atoms with Gasteiger partial charge in [0.05, 0.1) is 22.5 Å². The van der Waals surface area contributed by atoms with Crippen molar-refractivity contribution in [1.29, 1.82) is 0 Å². The zero-order valence-electron chi connectivity index (χ0n) is 11.9. The molecule has 0 saturated heterocycles. The summed E-state index contributed by atoms with van der Waals surface area (Å²) in [7, 11) is 0. The molecule has 21 heavy (non-hydrogen) atoms. The molecular formula is C16H15N3O2. The molecule has 0 saturated carbocycles. The number of hydrogen-bond donors (Lipinski definition) is 1. The van der Waals surface area contributed by atoms with Gasteiger partial charge in [0.1, 0.15) is 0 Å². The van der Waals surface area contributed by atoms with Gasteiger partial charge in [0.15, 0.2) is 0 Å². The van der Waals surface area contributed by atoms with Crippen molar-refractivity contribution in [1.82, 2.24) is 14.8 Å². The number of fused-ring (bicyclic) bond motifs is 1. The number of carbonyl (C=O) groups is 1. The Morgan fingerprint density at radius 2 is 2.14 bits per heavy atom. The number of hydrogen-bond acceptors (Lipinski definition) is 3. The summed E-state index contributed by atoms with van der Waals surface area (Å²) in [5, 5.41) is 14.4. The molecule has 0 aliphatic carbocycles. The lowest BCUT2D eigenvalue weighted by molar-refractivity contribution is 0.0699. The Balaban J connectivity index is 2.35. The minimum absolute atomic E-state index is 0.266. The van der Waals surface area contributed by atoms with E-state index < -0.39 is 5.97 Å². The van der Waals surface area contributed by atoms with E-state index in [9.17, 15) is 9.90 Å². The van der Waals surface area contributed by atoms with Gasteiger partial charge in [0, 0.05) is 18.1 Å². The van der Waals surface area contributed by atoms with E-state index in [1.54, 1.807) is 23.0 Å². The third kappa shape index (κ3) is 2.16. The highest BCUT2D eigenvalue weighted by Gasteiger charge is 2.15. The first kappa shape index (κ1) is 13.3. The van der Waals surface area contributed by atoms with Crippen molar-refractivity contribution >= 4 is 16.9 Å². The highest BCUT2D eigenvalue weighted by atomic mass is 16.4. The highest BCUT2D eigenvalue weighted by molar-refractivity contribution is 6.04. The van der Waals surface area contributed by atoms with Crippen LogP contribution in [0.2, 0.25) is 0 Å². The monoisotopic (exact) mass is 281 g/mol. The number of aryl methyl sites for hydroxylation is 2. The fourth-order valence-electron chi connectivity index (χ4n) is 2.50. The van der Waals surface area contributed by atoms with Crippen LogP contribution >= 0.6 is 0 Å². The van der Waals surface area contributed by atoms with Crippen molar-refractivity contribution in [2.75, 3.05) is 0 Å². The standard InChI is InChI=1S/C16H15N3O2/c1-3-19-14(7-8-17-19)13-9-12(16(20)21)11-6-4-5-10(2)15(11)18-13/h4-9H,3H2,1-2H3,(H,20,21). The molecule has 3 rings (SSSR count). The van der Waals surface area contributed by atoms with Crippen LogP contribution in [0.5, 0.6) is 0 Å². The normalized spacial score (nSPS) is 11.0. The summed E-state index contributed by atoms with van der Waals surface area (Å²) in [6.45, 7) is 4.63. The molecule has 2 heterocycles. The summed E-state index contributed by atoms with van der Waals surface area (Å²) >= 11 is 0. The van der Waals surface area contributed by atoms with Crippen LogP contribution in [0.25, 0.3) is 22.3 Å². The van der Waals surface area contributed by atoms with Gasteiger partial charge < -0.3 is 5.11 Å². The lowest BCUT2D eigenvalue weighted by Gasteiger charge is -2.09. The molecule has 2 aromatic heterocycles. The van der Waals surface area contributed by atoms with Gasteiger partial charge in [0.25, 0.3) is 0 Å². The van der Waals surface area contributed by atoms with Gasteiger partial charge >= 0.3 is 5.97 Å². The molecule has 0 aliphatic rings. The maximum atomic E-state index is 11.6. The first-order chi connectivity index (χ1) is 10.1. The Kier molecular flexibility index (Phi) is 3.17. The summed E-state index contributed by atoms with van der Waals surface area (Å²) in [5.41, 5.74) is 3.40. The van der Waals surface area contributed by atoms with Crippen LogP contribution in [0.3, 0.4) is 0 Å². The lowest BCUT2D eigenvalue weighted by atomic mass is 10.0. The fourth-order valence-corrected chi connectivity index (χ4v) is 2.50. The number of nitrogens with zero attached hydrogens (tertiary/aromatic N) is 3. The number of aromatic nitrogens is 3. The largest absolute Gasteiger partial charge is 0.478 e. The molecule has 0 atom stereocenters. The van der Waals surface area contributed by atoms with Crippen molar-refractivity contribution in [3.63, 3.8) is 0 Å². The van der Waals surface area contributed by atoms with Crippen LogP contribution in [-0.4, -0.2) is 25.8 Å². The molecule has 0 unspecified atom stereocenters. The summed E-state index contributed by atoms with van der Waals surface area (Å²) in [6.07, 6.45) is 1.70. The first-order valence-corrected chi connectivity index (χ1v) is 6.77. The highest BCUT2D eigenvalue weighted by Crippen LogP contribution is 2.26. The minimum atomic E-state index is -0.947. The molecule has 106 valence electrons. The van der Waals surface area contributed by atoms with Crippen LogP contribution in [-0.2, 0) is 6.54 Å². The van der Waals surface area contributed by atoms with Crippen molar-refractivity contribution in [3.05, 3.63) is 47.7 Å². The molecule has 1 aromatic carbocycles. The second-order valence-corrected chi connectivity index (χ2v) is 4.86. The zero-order valence-corrected chi connectivity index (χ0v) is 11.9. The number of carboxylic acids is 1. The molecule has 5 heteroatoms.